The number of pyridine rings is 1. The predicted octanol–water partition coefficient (Wildman–Crippen LogP) is 1.58. The number of hydrogen-bond donors (Lipinski definition) is 1. The third kappa shape index (κ3) is 1.86. The second-order valence-corrected chi connectivity index (χ2v) is 3.10. The number of H-pyrrole nitrogens is 1. The van der Waals surface area contributed by atoms with Gasteiger partial charge in [-0.1, -0.05) is 6.92 Å². The van der Waals surface area contributed by atoms with E-state index in [4.69, 9.17) is 0 Å². The lowest BCUT2D eigenvalue weighted by atomic mass is 10.1. The highest BCUT2D eigenvalue weighted by atomic mass is 16.1. The smallest absolute Gasteiger partial charge is 0.251 e. The van der Waals surface area contributed by atoms with E-state index in [-0.39, 0.29) is 11.3 Å². The molecule has 0 unspecified atom stereocenters. The Balaban J connectivity index is 3.31. The number of rotatable bonds is 2. The molecule has 70 valence electrons. The molecule has 13 heavy (non-hydrogen) atoms. The van der Waals surface area contributed by atoms with E-state index in [9.17, 15) is 9.59 Å². The van der Waals surface area contributed by atoms with E-state index in [1.807, 2.05) is 6.92 Å². The number of carbonyl (C=O) groups excluding carboxylic acids is 1. The molecule has 0 amide bonds. The number of Topliss-reactive ketones (excluding diaryl/α,β-unsaturated/α-hetero) is 1. The van der Waals surface area contributed by atoms with Gasteiger partial charge in [-0.2, -0.15) is 0 Å². The SMILES string of the molecule is CCC(=O)c1cc(C)c(=O)[nH]c1C. The molecule has 1 rings (SSSR count). The van der Waals surface area contributed by atoms with Gasteiger partial charge in [0.15, 0.2) is 5.78 Å². The Hall–Kier alpha value is -1.38. The highest BCUT2D eigenvalue weighted by Crippen LogP contribution is 2.07. The van der Waals surface area contributed by atoms with Crippen LogP contribution < -0.4 is 5.56 Å². The Morgan fingerprint density at radius 3 is 2.62 bits per heavy atom. The van der Waals surface area contributed by atoms with Gasteiger partial charge in [0, 0.05) is 23.2 Å². The van der Waals surface area contributed by atoms with Crippen molar-refractivity contribution in [2.24, 2.45) is 0 Å². The van der Waals surface area contributed by atoms with Crippen LogP contribution >= 0.6 is 0 Å². The maximum absolute atomic E-state index is 11.4. The zero-order valence-electron chi connectivity index (χ0n) is 8.10. The van der Waals surface area contributed by atoms with Gasteiger partial charge in [-0.05, 0) is 19.9 Å². The van der Waals surface area contributed by atoms with Gasteiger partial charge in [-0.15, -0.1) is 0 Å². The Kier molecular flexibility index (Phi) is 2.66. The van der Waals surface area contributed by atoms with Crippen molar-refractivity contribution < 1.29 is 4.79 Å². The molecule has 1 aromatic rings. The molecule has 0 atom stereocenters. The number of nitrogens with one attached hydrogen (secondary N) is 1. The van der Waals surface area contributed by atoms with Crippen LogP contribution in [-0.4, -0.2) is 10.8 Å². The lowest BCUT2D eigenvalue weighted by Crippen LogP contribution is -2.14. The van der Waals surface area contributed by atoms with Crippen molar-refractivity contribution in [3.63, 3.8) is 0 Å². The first-order valence-electron chi connectivity index (χ1n) is 4.30. The first-order chi connectivity index (χ1) is 6.06. The highest BCUT2D eigenvalue weighted by molar-refractivity contribution is 5.96. The molecular weight excluding hydrogens is 166 g/mol. The fourth-order valence-electron chi connectivity index (χ4n) is 1.21. The van der Waals surface area contributed by atoms with Crippen LogP contribution in [0.15, 0.2) is 10.9 Å². The number of hydrogen-bond acceptors (Lipinski definition) is 2. The van der Waals surface area contributed by atoms with E-state index >= 15 is 0 Å². The van der Waals surface area contributed by atoms with E-state index in [2.05, 4.69) is 4.98 Å². The summed E-state index contributed by atoms with van der Waals surface area (Å²) in [7, 11) is 0. The van der Waals surface area contributed by atoms with E-state index in [0.29, 0.717) is 23.2 Å². The van der Waals surface area contributed by atoms with Crippen LogP contribution in [0.4, 0.5) is 0 Å². The van der Waals surface area contributed by atoms with Crippen LogP contribution in [-0.2, 0) is 0 Å². The number of aryl methyl sites for hydroxylation is 2. The highest BCUT2D eigenvalue weighted by Gasteiger charge is 2.08. The average molecular weight is 179 g/mol. The minimum Gasteiger partial charge on any atom is -0.326 e. The number of carbonyl (C=O) groups is 1. The number of ketones is 1. The molecule has 0 fully saturated rings. The van der Waals surface area contributed by atoms with Crippen molar-refractivity contribution in [2.75, 3.05) is 0 Å². The van der Waals surface area contributed by atoms with Gasteiger partial charge >= 0.3 is 0 Å². The van der Waals surface area contributed by atoms with E-state index < -0.39 is 0 Å². The van der Waals surface area contributed by atoms with Crippen LogP contribution in [0.1, 0.15) is 35.0 Å². The van der Waals surface area contributed by atoms with Crippen LogP contribution in [0, 0.1) is 13.8 Å². The molecule has 1 aromatic heterocycles. The molecule has 0 bridgehead atoms. The van der Waals surface area contributed by atoms with Crippen molar-refractivity contribution in [3.8, 4) is 0 Å². The number of aromatic nitrogens is 1. The summed E-state index contributed by atoms with van der Waals surface area (Å²) in [4.78, 5) is 25.2. The summed E-state index contributed by atoms with van der Waals surface area (Å²) in [5.74, 6) is 0.0665. The summed E-state index contributed by atoms with van der Waals surface area (Å²) in [6, 6.07) is 1.65. The fourth-order valence-corrected chi connectivity index (χ4v) is 1.21. The Morgan fingerprint density at radius 2 is 2.08 bits per heavy atom. The van der Waals surface area contributed by atoms with Crippen molar-refractivity contribution in [1.82, 2.24) is 4.98 Å². The minimum absolute atomic E-state index is 0.0665. The molecular formula is C10H13NO2. The van der Waals surface area contributed by atoms with Crippen molar-refractivity contribution in [3.05, 3.63) is 33.2 Å². The van der Waals surface area contributed by atoms with Gasteiger partial charge in [0.2, 0.25) is 0 Å². The molecule has 0 spiro atoms. The van der Waals surface area contributed by atoms with Gasteiger partial charge < -0.3 is 4.98 Å². The van der Waals surface area contributed by atoms with Crippen molar-refractivity contribution in [1.29, 1.82) is 0 Å². The predicted molar refractivity (Wildman–Crippen MR) is 51.2 cm³/mol. The zero-order valence-corrected chi connectivity index (χ0v) is 8.10. The summed E-state index contributed by atoms with van der Waals surface area (Å²) in [6.45, 7) is 5.25. The van der Waals surface area contributed by atoms with Gasteiger partial charge in [0.05, 0.1) is 0 Å². The maximum Gasteiger partial charge on any atom is 0.251 e. The van der Waals surface area contributed by atoms with Gasteiger partial charge in [0.25, 0.3) is 5.56 Å². The van der Waals surface area contributed by atoms with Crippen LogP contribution in [0.3, 0.4) is 0 Å². The first-order valence-corrected chi connectivity index (χ1v) is 4.30. The minimum atomic E-state index is -0.120. The molecule has 0 aromatic carbocycles. The topological polar surface area (TPSA) is 49.9 Å². The Morgan fingerprint density at radius 1 is 1.46 bits per heavy atom. The van der Waals surface area contributed by atoms with Crippen molar-refractivity contribution in [2.45, 2.75) is 27.2 Å². The molecule has 0 aliphatic rings. The van der Waals surface area contributed by atoms with Gasteiger partial charge in [-0.3, -0.25) is 9.59 Å². The second-order valence-electron chi connectivity index (χ2n) is 3.10. The monoisotopic (exact) mass is 179 g/mol. The third-order valence-electron chi connectivity index (χ3n) is 2.05. The van der Waals surface area contributed by atoms with E-state index in [1.165, 1.54) is 0 Å². The molecule has 0 radical (unpaired) electrons. The lowest BCUT2D eigenvalue weighted by Gasteiger charge is -2.03. The van der Waals surface area contributed by atoms with Crippen molar-refractivity contribution >= 4 is 5.78 Å². The summed E-state index contributed by atoms with van der Waals surface area (Å²) < 4.78 is 0. The second kappa shape index (κ2) is 3.56. The lowest BCUT2D eigenvalue weighted by molar-refractivity contribution is 0.0987. The summed E-state index contributed by atoms with van der Waals surface area (Å²) in [6.07, 6.45) is 0.465. The van der Waals surface area contributed by atoms with Gasteiger partial charge in [-0.25, -0.2) is 0 Å². The fraction of sp³-hybridized carbons (Fsp3) is 0.400. The molecule has 0 saturated heterocycles. The Labute approximate surface area is 76.8 Å². The Bertz CT molecular complexity index is 390. The number of aromatic amines is 1. The van der Waals surface area contributed by atoms with E-state index in [0.717, 1.165) is 0 Å². The van der Waals surface area contributed by atoms with Crippen LogP contribution in [0.2, 0.25) is 0 Å². The molecule has 1 heterocycles. The van der Waals surface area contributed by atoms with E-state index in [1.54, 1.807) is 19.9 Å². The average Bonchev–Trinajstić information content (AvgIpc) is 2.10. The first kappa shape index (κ1) is 9.71. The molecule has 3 nitrogen and oxygen atoms in total. The quantitative estimate of drug-likeness (QED) is 0.701. The third-order valence-corrected chi connectivity index (χ3v) is 2.05. The summed E-state index contributed by atoms with van der Waals surface area (Å²) in [5.41, 5.74) is 1.75. The van der Waals surface area contributed by atoms with Crippen LogP contribution in [0.5, 0.6) is 0 Å². The standard InChI is InChI=1S/C10H13NO2/c1-4-9(12)8-5-6(2)10(13)11-7(8)3/h5H,4H2,1-3H3,(H,11,13). The normalized spacial score (nSPS) is 10.1. The molecule has 0 saturated carbocycles. The summed E-state index contributed by atoms with van der Waals surface area (Å²) >= 11 is 0. The summed E-state index contributed by atoms with van der Waals surface area (Å²) in [5, 5.41) is 0. The van der Waals surface area contributed by atoms with Gasteiger partial charge in [0.1, 0.15) is 0 Å². The molecule has 0 aliphatic carbocycles. The molecule has 1 N–H and O–H groups in total. The largest absolute Gasteiger partial charge is 0.326 e. The van der Waals surface area contributed by atoms with Crippen LogP contribution in [0.25, 0.3) is 0 Å². The maximum atomic E-state index is 11.4. The zero-order chi connectivity index (χ0) is 10.0. The molecule has 3 heteroatoms. The molecule has 0 aliphatic heterocycles.